The minimum absolute atomic E-state index is 0. The van der Waals surface area contributed by atoms with E-state index in [1.54, 1.807) is 49.6 Å². The number of rotatable bonds is 0. The molecule has 0 aromatic carbocycles. The minimum atomic E-state index is -5.75. The van der Waals surface area contributed by atoms with E-state index in [-0.39, 0.29) is 33.6 Å². The molecule has 0 unspecified atom stereocenters. The zero-order chi connectivity index (χ0) is 26.0. The first-order valence-electron chi connectivity index (χ1n) is 8.73. The van der Waals surface area contributed by atoms with Crippen molar-refractivity contribution < 1.29 is 92.6 Å². The fourth-order valence-electron chi connectivity index (χ4n) is 1.25. The van der Waals surface area contributed by atoms with Crippen molar-refractivity contribution in [3.8, 4) is 0 Å². The summed E-state index contributed by atoms with van der Waals surface area (Å²) in [6, 6.07) is 22.9. The molecule has 0 saturated carbocycles. The molecule has 0 bridgehead atoms. The van der Waals surface area contributed by atoms with Crippen molar-refractivity contribution in [1.29, 1.82) is 0 Å². The summed E-state index contributed by atoms with van der Waals surface area (Å²) in [6.45, 7) is 0. The summed E-state index contributed by atoms with van der Waals surface area (Å²) in [5, 5.41) is 0. The van der Waals surface area contributed by atoms with E-state index in [1.807, 2.05) is 72.8 Å². The van der Waals surface area contributed by atoms with Crippen molar-refractivity contribution in [3.05, 3.63) is 122 Å². The third-order valence-electron chi connectivity index (χ3n) is 2.27. The average Bonchev–Trinajstić information content (AvgIpc) is 2.83. The summed E-state index contributed by atoms with van der Waals surface area (Å²) in [6.07, 6.45) is 14.0. The van der Waals surface area contributed by atoms with Crippen LogP contribution in [-0.2, 0) is 76.0 Å². The van der Waals surface area contributed by atoms with Gasteiger partial charge in [-0.05, 0) is 48.5 Å². The van der Waals surface area contributed by atoms with Gasteiger partial charge in [0.25, 0.3) is 0 Å². The Hall–Kier alpha value is -2.28. The minimum Gasteiger partial charge on any atom is -0.265 e. The van der Waals surface area contributed by atoms with Gasteiger partial charge >= 0.3 is 92.6 Å². The summed E-state index contributed by atoms with van der Waals surface area (Å²) < 4.78 is 68.8. The number of aromatic nitrogens is 4. The molecule has 0 atom stereocenters. The zero-order valence-electron chi connectivity index (χ0n) is 18.1. The van der Waals surface area contributed by atoms with E-state index in [1.165, 1.54) is 0 Å². The van der Waals surface area contributed by atoms with Gasteiger partial charge in [-0.1, -0.05) is 24.3 Å². The standard InChI is InChI=1S/4C5H5N.2Co.2Cr.8O/c4*1-2-4-6-5-3-1;;;;;;;;;;;;/h4*1-5H;;;;;;;;;;;;/q;;;;2*+2;;;;;;;4*-1. The Labute approximate surface area is 233 Å². The predicted molar refractivity (Wildman–Crippen MR) is 99.7 cm³/mol. The molecule has 36 heavy (non-hydrogen) atoms. The van der Waals surface area contributed by atoms with E-state index in [9.17, 15) is 0 Å². The molecule has 12 nitrogen and oxygen atoms in total. The normalized spacial score (nSPS) is 8.56. The van der Waals surface area contributed by atoms with E-state index >= 15 is 0 Å². The second-order valence-corrected chi connectivity index (χ2v) is 7.46. The van der Waals surface area contributed by atoms with Gasteiger partial charge < -0.3 is 0 Å². The van der Waals surface area contributed by atoms with Gasteiger partial charge in [0.15, 0.2) is 0 Å². The van der Waals surface area contributed by atoms with Gasteiger partial charge in [0, 0.05) is 49.6 Å². The Morgan fingerprint density at radius 1 is 0.333 bits per heavy atom. The van der Waals surface area contributed by atoms with E-state index in [2.05, 4.69) is 19.9 Å². The van der Waals surface area contributed by atoms with E-state index in [0.29, 0.717) is 0 Å². The molecule has 198 valence electrons. The van der Waals surface area contributed by atoms with Crippen LogP contribution in [0, 0.1) is 0 Å². The van der Waals surface area contributed by atoms with E-state index in [0.717, 1.165) is 0 Å². The molecule has 0 fully saturated rings. The van der Waals surface area contributed by atoms with Crippen LogP contribution in [0.15, 0.2) is 122 Å². The molecule has 4 aromatic heterocycles. The van der Waals surface area contributed by atoms with Crippen LogP contribution in [0.4, 0.5) is 0 Å². The molecular formula is C20H20Co2Cr2N4O8. The first-order chi connectivity index (χ1) is 16.0. The first kappa shape index (κ1) is 40.9. The monoisotopic (exact) mass is 666 g/mol. The van der Waals surface area contributed by atoms with Crippen molar-refractivity contribution in [3.63, 3.8) is 0 Å². The maximum atomic E-state index is 8.59. The average molecular weight is 666 g/mol. The topological polar surface area (TPSA) is 212 Å². The Bertz CT molecular complexity index is 843. The predicted octanol–water partition coefficient (Wildman–Crippen LogP) is -0.915. The summed E-state index contributed by atoms with van der Waals surface area (Å²) in [5.41, 5.74) is 0. The van der Waals surface area contributed by atoms with Crippen LogP contribution >= 0.6 is 0 Å². The second-order valence-electron chi connectivity index (χ2n) is 4.91. The molecule has 0 aliphatic carbocycles. The maximum absolute atomic E-state index is 8.59. The van der Waals surface area contributed by atoms with Crippen LogP contribution < -0.4 is 16.6 Å². The van der Waals surface area contributed by atoms with Gasteiger partial charge in [0.05, 0.1) is 0 Å². The number of hydrogen-bond donors (Lipinski definition) is 0. The molecule has 4 rings (SSSR count). The fraction of sp³-hybridized carbons (Fsp3) is 0. The second kappa shape index (κ2) is 29.0. The third-order valence-corrected chi connectivity index (χ3v) is 2.27. The summed E-state index contributed by atoms with van der Waals surface area (Å²) >= 11 is -11.5. The van der Waals surface area contributed by atoms with Crippen molar-refractivity contribution in [1.82, 2.24) is 19.9 Å². The zero-order valence-corrected chi connectivity index (χ0v) is 22.7. The van der Waals surface area contributed by atoms with E-state index in [4.69, 9.17) is 31.8 Å². The van der Waals surface area contributed by atoms with Crippen LogP contribution in [0.1, 0.15) is 0 Å². The Morgan fingerprint density at radius 3 is 0.472 bits per heavy atom. The molecule has 16 heteroatoms. The molecule has 2 radical (unpaired) electrons. The van der Waals surface area contributed by atoms with Crippen molar-refractivity contribution in [2.24, 2.45) is 0 Å². The summed E-state index contributed by atoms with van der Waals surface area (Å²) in [4.78, 5) is 15.1. The van der Waals surface area contributed by atoms with Gasteiger partial charge in [0.2, 0.25) is 0 Å². The van der Waals surface area contributed by atoms with Crippen molar-refractivity contribution in [2.75, 3.05) is 0 Å². The molecule has 0 N–H and O–H groups in total. The van der Waals surface area contributed by atoms with Gasteiger partial charge in [-0.2, -0.15) is 0 Å². The van der Waals surface area contributed by atoms with Gasteiger partial charge in [-0.25, -0.2) is 0 Å². The maximum Gasteiger partial charge on any atom is 0.0267 e. The third kappa shape index (κ3) is 63.5. The summed E-state index contributed by atoms with van der Waals surface area (Å²) in [7, 11) is 0. The molecule has 0 saturated heterocycles. The van der Waals surface area contributed by atoms with Crippen LogP contribution in [-0.4, -0.2) is 19.9 Å². The summed E-state index contributed by atoms with van der Waals surface area (Å²) in [5.74, 6) is 0. The Kier molecular flexibility index (Phi) is 32.9. The Morgan fingerprint density at radius 2 is 0.444 bits per heavy atom. The largest absolute Gasteiger partial charge is 0.265 e. The molecule has 0 spiro atoms. The van der Waals surface area contributed by atoms with Crippen LogP contribution in [0.3, 0.4) is 0 Å². The molecule has 0 aliphatic rings. The van der Waals surface area contributed by atoms with Crippen LogP contribution in [0.5, 0.6) is 0 Å². The first-order valence-corrected chi connectivity index (χ1v) is 12.9. The van der Waals surface area contributed by atoms with Crippen LogP contribution in [0.2, 0.25) is 0 Å². The Balaban J connectivity index is -0.000000169. The van der Waals surface area contributed by atoms with E-state index < -0.39 is 27.2 Å². The number of hydrogen-bond acceptors (Lipinski definition) is 12. The van der Waals surface area contributed by atoms with Gasteiger partial charge in [-0.15, -0.1) is 0 Å². The molecule has 4 aromatic rings. The SMILES string of the molecule is [Co+2].[Co+2].[O]=[Cr](=[O])([O-])[O-].[O]=[Cr](=[O])([O-])[O-].c1ccncc1.c1ccncc1.c1ccncc1.c1ccncc1. The van der Waals surface area contributed by atoms with Gasteiger partial charge in [-0.3, -0.25) is 19.9 Å². The smallest absolute Gasteiger partial charge is 0.0267 e. The van der Waals surface area contributed by atoms with Crippen molar-refractivity contribution >= 4 is 0 Å². The van der Waals surface area contributed by atoms with Gasteiger partial charge in [0.1, 0.15) is 0 Å². The molecule has 4 heterocycles. The molecule has 0 aliphatic heterocycles. The number of pyridine rings is 4. The molecular weight excluding hydrogens is 646 g/mol. The fourth-order valence-corrected chi connectivity index (χ4v) is 1.25. The van der Waals surface area contributed by atoms with Crippen molar-refractivity contribution in [2.45, 2.75) is 0 Å². The number of nitrogens with zero attached hydrogens (tertiary/aromatic N) is 4. The van der Waals surface area contributed by atoms with Crippen LogP contribution in [0.25, 0.3) is 0 Å². The quantitative estimate of drug-likeness (QED) is 0.223. The molecule has 0 amide bonds.